The van der Waals surface area contributed by atoms with Crippen molar-refractivity contribution < 1.29 is 18.0 Å². The Bertz CT molecular complexity index is 1490. The zero-order chi connectivity index (χ0) is 29.8. The van der Waals surface area contributed by atoms with E-state index in [2.05, 4.69) is 5.32 Å². The third-order valence-electron chi connectivity index (χ3n) is 6.27. The van der Waals surface area contributed by atoms with Crippen molar-refractivity contribution in [1.82, 2.24) is 10.2 Å². The highest BCUT2D eigenvalue weighted by Crippen LogP contribution is 2.28. The number of halogens is 2. The van der Waals surface area contributed by atoms with E-state index in [0.29, 0.717) is 26.9 Å². The Kier molecular flexibility index (Phi) is 9.93. The van der Waals surface area contributed by atoms with Gasteiger partial charge in [0, 0.05) is 12.1 Å². The molecule has 214 valence electrons. The van der Waals surface area contributed by atoms with Crippen molar-refractivity contribution in [1.29, 1.82) is 0 Å². The molecule has 0 unspecified atom stereocenters. The molecule has 0 saturated carbocycles. The van der Waals surface area contributed by atoms with Crippen molar-refractivity contribution in [2.45, 2.75) is 64.6 Å². The zero-order valence-corrected chi connectivity index (χ0v) is 25.9. The Labute approximate surface area is 247 Å². The number of rotatable bonds is 9. The molecule has 7 nitrogen and oxygen atoms in total. The number of amides is 2. The summed E-state index contributed by atoms with van der Waals surface area (Å²) < 4.78 is 29.0. The van der Waals surface area contributed by atoms with Crippen LogP contribution in [0.1, 0.15) is 44.4 Å². The number of aryl methyl sites for hydroxylation is 2. The lowest BCUT2D eigenvalue weighted by molar-refractivity contribution is -0.140. The van der Waals surface area contributed by atoms with E-state index in [1.165, 1.54) is 17.0 Å². The van der Waals surface area contributed by atoms with Crippen molar-refractivity contribution in [3.05, 3.63) is 93.5 Å². The summed E-state index contributed by atoms with van der Waals surface area (Å²) in [7, 11) is -4.14. The van der Waals surface area contributed by atoms with E-state index in [0.717, 1.165) is 9.87 Å². The van der Waals surface area contributed by atoms with Gasteiger partial charge in [-0.25, -0.2) is 8.42 Å². The van der Waals surface area contributed by atoms with Gasteiger partial charge in [0.1, 0.15) is 12.6 Å². The molecule has 3 aromatic carbocycles. The van der Waals surface area contributed by atoms with Gasteiger partial charge in [0.2, 0.25) is 11.8 Å². The Hall–Kier alpha value is -3.07. The lowest BCUT2D eigenvalue weighted by atomic mass is 10.1. The number of carbonyl (C=O) groups is 2. The highest BCUT2D eigenvalue weighted by atomic mass is 35.5. The Morgan fingerprint density at radius 1 is 0.925 bits per heavy atom. The van der Waals surface area contributed by atoms with Gasteiger partial charge in [0.05, 0.1) is 20.6 Å². The molecule has 0 bridgehead atoms. The molecule has 3 rings (SSSR count). The Balaban J connectivity index is 2.06. The predicted octanol–water partition coefficient (Wildman–Crippen LogP) is 6.14. The molecule has 1 N–H and O–H groups in total. The van der Waals surface area contributed by atoms with E-state index >= 15 is 0 Å². The summed E-state index contributed by atoms with van der Waals surface area (Å²) >= 11 is 12.3. The Morgan fingerprint density at radius 2 is 1.55 bits per heavy atom. The lowest BCUT2D eigenvalue weighted by Crippen LogP contribution is -2.54. The highest BCUT2D eigenvalue weighted by molar-refractivity contribution is 7.92. The fraction of sp³-hybridized carbons (Fsp3) is 0.333. The first-order valence-electron chi connectivity index (χ1n) is 12.8. The van der Waals surface area contributed by atoms with E-state index in [-0.39, 0.29) is 17.3 Å². The first-order valence-corrected chi connectivity index (χ1v) is 15.0. The van der Waals surface area contributed by atoms with Crippen LogP contribution in [-0.2, 0) is 26.2 Å². The van der Waals surface area contributed by atoms with Crippen LogP contribution in [0.3, 0.4) is 0 Å². The number of para-hydroxylation sites is 1. The third kappa shape index (κ3) is 7.77. The van der Waals surface area contributed by atoms with Gasteiger partial charge in [-0.3, -0.25) is 13.9 Å². The zero-order valence-electron chi connectivity index (χ0n) is 23.5. The molecule has 0 aliphatic rings. The van der Waals surface area contributed by atoms with Crippen LogP contribution in [0.25, 0.3) is 0 Å². The number of benzene rings is 3. The van der Waals surface area contributed by atoms with Gasteiger partial charge in [0.15, 0.2) is 0 Å². The summed E-state index contributed by atoms with van der Waals surface area (Å²) in [5.41, 5.74) is 2.07. The van der Waals surface area contributed by atoms with E-state index in [4.69, 9.17) is 23.2 Å². The molecule has 10 heteroatoms. The number of sulfonamides is 1. The average molecular weight is 605 g/mol. The van der Waals surface area contributed by atoms with Gasteiger partial charge in [-0.1, -0.05) is 65.2 Å². The van der Waals surface area contributed by atoms with Gasteiger partial charge < -0.3 is 10.2 Å². The molecular formula is C30H35Cl2N3O4S. The number of carbonyl (C=O) groups excluding carboxylic acids is 2. The number of hydrogen-bond donors (Lipinski definition) is 1. The molecule has 0 aromatic heterocycles. The lowest BCUT2D eigenvalue weighted by Gasteiger charge is -2.34. The predicted molar refractivity (Wildman–Crippen MR) is 161 cm³/mol. The summed E-state index contributed by atoms with van der Waals surface area (Å²) in [6.45, 7) is 10.3. The number of anilines is 1. The van der Waals surface area contributed by atoms with Crippen LogP contribution < -0.4 is 9.62 Å². The quantitative estimate of drug-likeness (QED) is 0.318. The normalized spacial score (nSPS) is 12.5. The summed E-state index contributed by atoms with van der Waals surface area (Å²) in [6.07, 6.45) is 0. The maximum atomic E-state index is 14.0. The van der Waals surface area contributed by atoms with Crippen molar-refractivity contribution in [3.8, 4) is 0 Å². The first kappa shape index (κ1) is 31.5. The van der Waals surface area contributed by atoms with E-state index < -0.39 is 34.1 Å². The van der Waals surface area contributed by atoms with Crippen LogP contribution in [0.2, 0.25) is 10.0 Å². The maximum absolute atomic E-state index is 14.0. The van der Waals surface area contributed by atoms with Crippen molar-refractivity contribution >= 4 is 50.7 Å². The number of hydrogen-bond acceptors (Lipinski definition) is 4. The molecule has 0 aliphatic heterocycles. The van der Waals surface area contributed by atoms with Gasteiger partial charge >= 0.3 is 0 Å². The second kappa shape index (κ2) is 12.6. The SMILES string of the molecule is Cc1ccc(S(=O)(=O)N(CC(=O)N(Cc2ccc(Cl)c(Cl)c2)[C@H](C)C(=O)NC(C)(C)C)c2ccccc2C)cc1. The second-order valence-electron chi connectivity index (χ2n) is 10.8. The monoisotopic (exact) mass is 603 g/mol. The second-order valence-corrected chi connectivity index (χ2v) is 13.5. The molecule has 0 saturated heterocycles. The summed E-state index contributed by atoms with van der Waals surface area (Å²) in [5.74, 6) is -0.925. The molecule has 1 atom stereocenters. The molecule has 0 radical (unpaired) electrons. The fourth-order valence-corrected chi connectivity index (χ4v) is 5.88. The van der Waals surface area contributed by atoms with Crippen LogP contribution in [0.5, 0.6) is 0 Å². The van der Waals surface area contributed by atoms with Crippen molar-refractivity contribution in [2.24, 2.45) is 0 Å². The summed E-state index contributed by atoms with van der Waals surface area (Å²) in [4.78, 5) is 28.6. The van der Waals surface area contributed by atoms with Crippen LogP contribution in [0, 0.1) is 13.8 Å². The first-order chi connectivity index (χ1) is 18.6. The highest BCUT2D eigenvalue weighted by Gasteiger charge is 2.33. The molecule has 0 fully saturated rings. The van der Waals surface area contributed by atoms with Crippen molar-refractivity contribution in [3.63, 3.8) is 0 Å². The smallest absolute Gasteiger partial charge is 0.264 e. The molecule has 3 aromatic rings. The molecular weight excluding hydrogens is 569 g/mol. The molecule has 0 spiro atoms. The third-order valence-corrected chi connectivity index (χ3v) is 8.79. The average Bonchev–Trinajstić information content (AvgIpc) is 2.87. The minimum absolute atomic E-state index is 0.0145. The fourth-order valence-electron chi connectivity index (χ4n) is 4.09. The summed E-state index contributed by atoms with van der Waals surface area (Å²) in [6, 6.07) is 17.5. The van der Waals surface area contributed by atoms with Gasteiger partial charge in [0.25, 0.3) is 10.0 Å². The van der Waals surface area contributed by atoms with Crippen LogP contribution >= 0.6 is 23.2 Å². The molecule has 0 heterocycles. The van der Waals surface area contributed by atoms with Crippen LogP contribution in [0.15, 0.2) is 71.6 Å². The standard InChI is InChI=1S/C30H35Cl2N3O4S/c1-20-11-14-24(15-12-20)40(38,39)35(27-10-8-7-9-21(27)2)19-28(36)34(22(3)29(37)33-30(4,5)6)18-23-13-16-25(31)26(32)17-23/h7-17,22H,18-19H2,1-6H3,(H,33,37)/t22-/m1/s1. The molecule has 40 heavy (non-hydrogen) atoms. The number of nitrogens with zero attached hydrogens (tertiary/aromatic N) is 2. The van der Waals surface area contributed by atoms with E-state index in [9.17, 15) is 18.0 Å². The molecule has 0 aliphatic carbocycles. The largest absolute Gasteiger partial charge is 0.350 e. The topological polar surface area (TPSA) is 86.8 Å². The summed E-state index contributed by atoms with van der Waals surface area (Å²) in [5, 5.41) is 3.57. The van der Waals surface area contributed by atoms with Crippen LogP contribution in [-0.4, -0.2) is 43.3 Å². The number of nitrogens with one attached hydrogen (secondary N) is 1. The minimum Gasteiger partial charge on any atom is -0.350 e. The van der Waals surface area contributed by atoms with Gasteiger partial charge in [-0.05, 0) is 83.0 Å². The van der Waals surface area contributed by atoms with Gasteiger partial charge in [-0.2, -0.15) is 0 Å². The van der Waals surface area contributed by atoms with E-state index in [1.807, 2.05) is 27.7 Å². The van der Waals surface area contributed by atoms with Crippen molar-refractivity contribution in [2.75, 3.05) is 10.8 Å². The maximum Gasteiger partial charge on any atom is 0.264 e. The van der Waals surface area contributed by atoms with Gasteiger partial charge in [-0.15, -0.1) is 0 Å². The van der Waals surface area contributed by atoms with E-state index in [1.54, 1.807) is 68.4 Å². The molecule has 2 amide bonds. The minimum atomic E-state index is -4.14. The Morgan fingerprint density at radius 3 is 2.12 bits per heavy atom. The van der Waals surface area contributed by atoms with Crippen LogP contribution in [0.4, 0.5) is 5.69 Å².